The summed E-state index contributed by atoms with van der Waals surface area (Å²) in [5, 5.41) is 8.39. The van der Waals surface area contributed by atoms with E-state index in [0.717, 1.165) is 48.9 Å². The Balaban J connectivity index is 1.52. The average Bonchev–Trinajstić information content (AvgIpc) is 3.34. The van der Waals surface area contributed by atoms with Gasteiger partial charge in [0.25, 0.3) is 0 Å². The fourth-order valence-electron chi connectivity index (χ4n) is 3.60. The van der Waals surface area contributed by atoms with Gasteiger partial charge in [-0.2, -0.15) is 10.1 Å². The lowest BCUT2D eigenvalue weighted by atomic mass is 9.97. The zero-order chi connectivity index (χ0) is 18.8. The molecule has 2 aromatic heterocycles. The van der Waals surface area contributed by atoms with E-state index < -0.39 is 0 Å². The number of halogens is 1. The Labute approximate surface area is 158 Å². The highest BCUT2D eigenvalue weighted by Gasteiger charge is 2.27. The van der Waals surface area contributed by atoms with Gasteiger partial charge in [0.15, 0.2) is 5.82 Å². The Bertz CT molecular complexity index is 890. The molecule has 0 amide bonds. The van der Waals surface area contributed by atoms with Crippen LogP contribution in [0.1, 0.15) is 55.8 Å². The van der Waals surface area contributed by atoms with E-state index in [1.54, 1.807) is 23.0 Å². The summed E-state index contributed by atoms with van der Waals surface area (Å²) in [6.07, 6.45) is 5.69. The SMILES string of the molecule is CC(C)c1noc([C@@H]2CCCN(Cc3cc(F)ccc3-n3cccn3)C2)n1. The van der Waals surface area contributed by atoms with Crippen LogP contribution < -0.4 is 0 Å². The van der Waals surface area contributed by atoms with Crippen molar-refractivity contribution in [1.82, 2.24) is 24.8 Å². The van der Waals surface area contributed by atoms with Crippen molar-refractivity contribution in [3.63, 3.8) is 0 Å². The molecule has 142 valence electrons. The maximum atomic E-state index is 13.9. The molecule has 1 aromatic carbocycles. The van der Waals surface area contributed by atoms with E-state index >= 15 is 0 Å². The molecule has 0 radical (unpaired) electrons. The van der Waals surface area contributed by atoms with E-state index in [2.05, 4.69) is 34.0 Å². The third kappa shape index (κ3) is 3.93. The number of hydrogen-bond donors (Lipinski definition) is 0. The minimum absolute atomic E-state index is 0.223. The summed E-state index contributed by atoms with van der Waals surface area (Å²) in [4.78, 5) is 6.90. The van der Waals surface area contributed by atoms with Gasteiger partial charge in [0.2, 0.25) is 5.89 Å². The predicted molar refractivity (Wildman–Crippen MR) is 99.2 cm³/mol. The van der Waals surface area contributed by atoms with E-state index in [0.29, 0.717) is 6.54 Å². The molecule has 1 aliphatic rings. The average molecular weight is 369 g/mol. The van der Waals surface area contributed by atoms with Crippen molar-refractivity contribution in [3.05, 3.63) is 59.8 Å². The van der Waals surface area contributed by atoms with Crippen LogP contribution in [0.4, 0.5) is 4.39 Å². The van der Waals surface area contributed by atoms with Gasteiger partial charge in [-0.25, -0.2) is 9.07 Å². The Morgan fingerprint density at radius 3 is 2.96 bits per heavy atom. The van der Waals surface area contributed by atoms with Gasteiger partial charge in [-0.05, 0) is 49.2 Å². The smallest absolute Gasteiger partial charge is 0.231 e. The Morgan fingerprint density at radius 1 is 1.33 bits per heavy atom. The highest BCUT2D eigenvalue weighted by Crippen LogP contribution is 2.28. The van der Waals surface area contributed by atoms with E-state index in [4.69, 9.17) is 4.52 Å². The largest absolute Gasteiger partial charge is 0.339 e. The van der Waals surface area contributed by atoms with Crippen molar-refractivity contribution < 1.29 is 8.91 Å². The summed E-state index contributed by atoms with van der Waals surface area (Å²) in [5.74, 6) is 1.72. The van der Waals surface area contributed by atoms with Crippen LogP contribution in [-0.2, 0) is 6.54 Å². The maximum Gasteiger partial charge on any atom is 0.231 e. The normalized spacial score (nSPS) is 18.3. The molecule has 4 rings (SSSR count). The first-order valence-electron chi connectivity index (χ1n) is 9.44. The van der Waals surface area contributed by atoms with Crippen molar-refractivity contribution in [3.8, 4) is 5.69 Å². The molecule has 27 heavy (non-hydrogen) atoms. The number of rotatable bonds is 5. The van der Waals surface area contributed by atoms with Crippen molar-refractivity contribution in [2.24, 2.45) is 0 Å². The van der Waals surface area contributed by atoms with Crippen molar-refractivity contribution >= 4 is 0 Å². The Hall–Kier alpha value is -2.54. The second-order valence-electron chi connectivity index (χ2n) is 7.44. The van der Waals surface area contributed by atoms with Crippen LogP contribution in [0.5, 0.6) is 0 Å². The van der Waals surface area contributed by atoms with Crippen LogP contribution in [0.25, 0.3) is 5.69 Å². The highest BCUT2D eigenvalue weighted by atomic mass is 19.1. The van der Waals surface area contributed by atoms with Gasteiger partial charge >= 0.3 is 0 Å². The number of piperidine rings is 1. The number of benzene rings is 1. The minimum Gasteiger partial charge on any atom is -0.339 e. The van der Waals surface area contributed by atoms with Gasteiger partial charge in [-0.3, -0.25) is 4.90 Å². The molecule has 0 N–H and O–H groups in total. The number of aromatic nitrogens is 4. The molecular formula is C20H24FN5O. The number of hydrogen-bond acceptors (Lipinski definition) is 5. The molecule has 0 unspecified atom stereocenters. The topological polar surface area (TPSA) is 60.0 Å². The number of nitrogens with zero attached hydrogens (tertiary/aromatic N) is 5. The zero-order valence-electron chi connectivity index (χ0n) is 15.7. The molecule has 6 nitrogen and oxygen atoms in total. The molecule has 1 saturated heterocycles. The van der Waals surface area contributed by atoms with Gasteiger partial charge in [-0.15, -0.1) is 0 Å². The third-order valence-corrected chi connectivity index (χ3v) is 5.02. The van der Waals surface area contributed by atoms with Gasteiger partial charge in [0, 0.05) is 31.4 Å². The van der Waals surface area contributed by atoms with Crippen molar-refractivity contribution in [2.75, 3.05) is 13.1 Å². The fourth-order valence-corrected chi connectivity index (χ4v) is 3.60. The lowest BCUT2D eigenvalue weighted by Crippen LogP contribution is -2.34. The molecule has 3 aromatic rings. The summed E-state index contributed by atoms with van der Waals surface area (Å²) in [7, 11) is 0. The summed E-state index contributed by atoms with van der Waals surface area (Å²) in [6, 6.07) is 6.73. The first-order chi connectivity index (χ1) is 13.1. The van der Waals surface area contributed by atoms with Gasteiger partial charge in [0.1, 0.15) is 5.82 Å². The molecule has 7 heteroatoms. The van der Waals surface area contributed by atoms with E-state index in [9.17, 15) is 4.39 Å². The van der Waals surface area contributed by atoms with E-state index in [-0.39, 0.29) is 17.7 Å². The molecule has 1 atom stereocenters. The number of likely N-dealkylation sites (tertiary alicyclic amines) is 1. The van der Waals surface area contributed by atoms with E-state index in [1.165, 1.54) is 6.07 Å². The summed E-state index contributed by atoms with van der Waals surface area (Å²) in [6.45, 7) is 6.57. The Morgan fingerprint density at radius 2 is 2.22 bits per heavy atom. The first kappa shape index (κ1) is 17.9. The summed E-state index contributed by atoms with van der Waals surface area (Å²) >= 11 is 0. The predicted octanol–water partition coefficient (Wildman–Crippen LogP) is 3.90. The summed E-state index contributed by atoms with van der Waals surface area (Å²) < 4.78 is 21.2. The second kappa shape index (κ2) is 7.60. The van der Waals surface area contributed by atoms with Crippen LogP contribution in [0.2, 0.25) is 0 Å². The van der Waals surface area contributed by atoms with Crippen LogP contribution in [-0.4, -0.2) is 37.9 Å². The van der Waals surface area contributed by atoms with Crippen LogP contribution in [0, 0.1) is 5.82 Å². The first-order valence-corrected chi connectivity index (χ1v) is 9.44. The molecule has 3 heterocycles. The van der Waals surface area contributed by atoms with Crippen molar-refractivity contribution in [1.29, 1.82) is 0 Å². The third-order valence-electron chi connectivity index (χ3n) is 5.02. The molecule has 0 bridgehead atoms. The minimum atomic E-state index is -0.229. The van der Waals surface area contributed by atoms with Crippen LogP contribution in [0.15, 0.2) is 41.2 Å². The van der Waals surface area contributed by atoms with Gasteiger partial charge in [0.05, 0.1) is 11.6 Å². The van der Waals surface area contributed by atoms with Crippen LogP contribution >= 0.6 is 0 Å². The summed E-state index contributed by atoms with van der Waals surface area (Å²) in [5.41, 5.74) is 1.83. The second-order valence-corrected chi connectivity index (χ2v) is 7.44. The van der Waals surface area contributed by atoms with Crippen molar-refractivity contribution in [2.45, 2.75) is 45.1 Å². The fraction of sp³-hybridized carbons (Fsp3) is 0.450. The molecule has 0 aliphatic carbocycles. The highest BCUT2D eigenvalue weighted by molar-refractivity contribution is 5.40. The lowest BCUT2D eigenvalue weighted by molar-refractivity contribution is 0.180. The molecular weight excluding hydrogens is 345 g/mol. The maximum absolute atomic E-state index is 13.9. The monoisotopic (exact) mass is 369 g/mol. The molecule has 1 aliphatic heterocycles. The lowest BCUT2D eigenvalue weighted by Gasteiger charge is -2.31. The van der Waals surface area contributed by atoms with E-state index in [1.807, 2.05) is 12.3 Å². The molecule has 1 fully saturated rings. The molecule has 0 saturated carbocycles. The molecule has 0 spiro atoms. The Kier molecular flexibility index (Phi) is 5.03. The van der Waals surface area contributed by atoms with Gasteiger partial charge < -0.3 is 4.52 Å². The standard InChI is InChI=1S/C20H24FN5O/c1-14(2)19-23-20(27-24-19)15-5-3-9-25(12-15)13-16-11-17(21)6-7-18(16)26-10-4-8-22-26/h4,6-8,10-11,14-15H,3,5,9,12-13H2,1-2H3/t15-/m1/s1. The van der Waals surface area contributed by atoms with Crippen LogP contribution in [0.3, 0.4) is 0 Å². The quantitative estimate of drug-likeness (QED) is 0.683. The zero-order valence-corrected chi connectivity index (χ0v) is 15.7. The van der Waals surface area contributed by atoms with Gasteiger partial charge in [-0.1, -0.05) is 19.0 Å².